The Bertz CT molecular complexity index is 861. The van der Waals surface area contributed by atoms with Crippen molar-refractivity contribution in [1.82, 2.24) is 4.90 Å². The maximum Gasteiger partial charge on any atom is 0.269 e. The van der Waals surface area contributed by atoms with Crippen LogP contribution in [-0.2, 0) is 4.79 Å². The number of hydrogen-bond donors (Lipinski definition) is 0. The molecule has 0 aromatic heterocycles. The van der Waals surface area contributed by atoms with Gasteiger partial charge < -0.3 is 0 Å². The Morgan fingerprint density at radius 2 is 1.74 bits per heavy atom. The van der Waals surface area contributed by atoms with Gasteiger partial charge in [0.1, 0.15) is 6.17 Å². The highest BCUT2D eigenvalue weighted by Gasteiger charge is 2.49. The van der Waals surface area contributed by atoms with Gasteiger partial charge in [-0.3, -0.25) is 24.7 Å². The first-order chi connectivity index (χ1) is 13.0. The first-order valence-electron chi connectivity index (χ1n) is 9.40. The van der Waals surface area contributed by atoms with Gasteiger partial charge in [-0.2, -0.15) is 0 Å². The minimum atomic E-state index is -0.421. The van der Waals surface area contributed by atoms with Gasteiger partial charge in [0.2, 0.25) is 5.91 Å². The third kappa shape index (κ3) is 3.00. The van der Waals surface area contributed by atoms with E-state index in [4.69, 9.17) is 0 Å². The molecule has 27 heavy (non-hydrogen) atoms. The van der Waals surface area contributed by atoms with Gasteiger partial charge in [-0.15, -0.1) is 0 Å². The van der Waals surface area contributed by atoms with Crippen LogP contribution in [0.4, 0.5) is 11.4 Å². The number of anilines is 1. The summed E-state index contributed by atoms with van der Waals surface area (Å²) < 4.78 is 0. The third-order valence-corrected chi connectivity index (χ3v) is 5.62. The topological polar surface area (TPSA) is 66.7 Å². The summed E-state index contributed by atoms with van der Waals surface area (Å²) in [5.41, 5.74) is 3.08. The second kappa shape index (κ2) is 6.78. The minimum Gasteiger partial charge on any atom is -0.291 e. The maximum absolute atomic E-state index is 13.1. The van der Waals surface area contributed by atoms with Crippen LogP contribution in [0.1, 0.15) is 49.9 Å². The van der Waals surface area contributed by atoms with Crippen molar-refractivity contribution in [3.8, 4) is 0 Å². The average molecular weight is 365 g/mol. The fourth-order valence-corrected chi connectivity index (χ4v) is 4.17. The average Bonchev–Trinajstić information content (AvgIpc) is 3.24. The van der Waals surface area contributed by atoms with E-state index in [2.05, 4.69) is 43.0 Å². The van der Waals surface area contributed by atoms with Crippen molar-refractivity contribution < 1.29 is 9.72 Å². The summed E-state index contributed by atoms with van der Waals surface area (Å²) in [7, 11) is 0. The zero-order valence-electron chi connectivity index (χ0n) is 15.5. The molecule has 0 aliphatic carbocycles. The summed E-state index contributed by atoms with van der Waals surface area (Å²) in [6, 6.07) is 14.6. The van der Waals surface area contributed by atoms with Gasteiger partial charge in [0.05, 0.1) is 11.0 Å². The molecule has 0 bridgehead atoms. The monoisotopic (exact) mass is 365 g/mol. The molecule has 2 aliphatic rings. The summed E-state index contributed by atoms with van der Waals surface area (Å²) in [6.45, 7) is 5.21. The number of fused-ring (bicyclic) bond motifs is 1. The van der Waals surface area contributed by atoms with Gasteiger partial charge in [-0.25, -0.2) is 0 Å². The normalized spacial score (nSPS) is 22.5. The largest absolute Gasteiger partial charge is 0.291 e. The molecular weight excluding hydrogens is 342 g/mol. The van der Waals surface area contributed by atoms with Crippen molar-refractivity contribution in [3.63, 3.8) is 0 Å². The SMILES string of the molecule is CC(C)c1ccc([C@H]2N(c3ccc([N+](=O)[O-])cc3)C(=O)[C@@H]3CCCN32)cc1. The highest BCUT2D eigenvalue weighted by molar-refractivity contribution is 6.00. The number of carbonyl (C=O) groups is 1. The number of rotatable bonds is 4. The summed E-state index contributed by atoms with van der Waals surface area (Å²) >= 11 is 0. The Morgan fingerprint density at radius 1 is 1.07 bits per heavy atom. The Labute approximate surface area is 158 Å². The van der Waals surface area contributed by atoms with Crippen LogP contribution in [0.3, 0.4) is 0 Å². The van der Waals surface area contributed by atoms with E-state index in [1.807, 2.05) is 0 Å². The first-order valence-corrected chi connectivity index (χ1v) is 9.40. The summed E-state index contributed by atoms with van der Waals surface area (Å²) in [5.74, 6) is 0.536. The fraction of sp³-hybridized carbons (Fsp3) is 0.381. The lowest BCUT2D eigenvalue weighted by molar-refractivity contribution is -0.384. The third-order valence-electron chi connectivity index (χ3n) is 5.62. The van der Waals surface area contributed by atoms with Gasteiger partial charge in [0.15, 0.2) is 0 Å². The quantitative estimate of drug-likeness (QED) is 0.601. The Kier molecular flexibility index (Phi) is 4.44. The van der Waals surface area contributed by atoms with Crippen molar-refractivity contribution in [3.05, 3.63) is 69.8 Å². The lowest BCUT2D eigenvalue weighted by Crippen LogP contribution is -2.32. The summed E-state index contributed by atoms with van der Waals surface area (Å²) in [5, 5.41) is 10.9. The van der Waals surface area contributed by atoms with Crippen molar-refractivity contribution >= 4 is 17.3 Å². The highest BCUT2D eigenvalue weighted by Crippen LogP contribution is 2.42. The second-order valence-corrected chi connectivity index (χ2v) is 7.57. The van der Waals surface area contributed by atoms with Gasteiger partial charge in [-0.05, 0) is 42.0 Å². The van der Waals surface area contributed by atoms with Crippen LogP contribution in [0.25, 0.3) is 0 Å². The van der Waals surface area contributed by atoms with Gasteiger partial charge >= 0.3 is 0 Å². The molecule has 2 aromatic carbocycles. The van der Waals surface area contributed by atoms with Crippen LogP contribution in [0.15, 0.2) is 48.5 Å². The van der Waals surface area contributed by atoms with Crippen LogP contribution in [0.5, 0.6) is 0 Å². The molecule has 0 N–H and O–H groups in total. The van der Waals surface area contributed by atoms with Crippen molar-refractivity contribution in [1.29, 1.82) is 0 Å². The van der Waals surface area contributed by atoms with Gasteiger partial charge in [-0.1, -0.05) is 38.1 Å². The molecule has 2 aliphatic heterocycles. The van der Waals surface area contributed by atoms with E-state index in [1.165, 1.54) is 17.7 Å². The van der Waals surface area contributed by atoms with E-state index < -0.39 is 4.92 Å². The summed E-state index contributed by atoms with van der Waals surface area (Å²) in [4.78, 5) is 27.7. The standard InChI is InChI=1S/C21H23N3O3/c1-14(2)15-5-7-16(8-6-15)20-22-13-3-4-19(22)21(25)23(20)17-9-11-18(12-10-17)24(26)27/h5-12,14,19-20H,3-4,13H2,1-2H3/t19-,20+/m0/s1. The molecule has 6 nitrogen and oxygen atoms in total. The number of amides is 1. The molecule has 2 fully saturated rings. The smallest absolute Gasteiger partial charge is 0.269 e. The molecule has 0 radical (unpaired) electrons. The van der Waals surface area contributed by atoms with Crippen LogP contribution in [-0.4, -0.2) is 28.3 Å². The maximum atomic E-state index is 13.1. The lowest BCUT2D eigenvalue weighted by Gasteiger charge is -2.30. The molecule has 4 rings (SSSR count). The molecule has 0 spiro atoms. The zero-order valence-corrected chi connectivity index (χ0v) is 15.5. The Morgan fingerprint density at radius 3 is 2.33 bits per heavy atom. The molecule has 140 valence electrons. The van der Waals surface area contributed by atoms with E-state index in [0.29, 0.717) is 11.6 Å². The van der Waals surface area contributed by atoms with Gasteiger partial charge in [0.25, 0.3) is 5.69 Å². The molecule has 0 saturated carbocycles. The molecule has 2 aromatic rings. The van der Waals surface area contributed by atoms with Crippen LogP contribution < -0.4 is 4.90 Å². The molecule has 2 saturated heterocycles. The molecule has 6 heteroatoms. The number of carbonyl (C=O) groups excluding carboxylic acids is 1. The number of non-ortho nitro benzene ring substituents is 1. The fourth-order valence-electron chi connectivity index (χ4n) is 4.17. The highest BCUT2D eigenvalue weighted by atomic mass is 16.6. The van der Waals surface area contributed by atoms with E-state index >= 15 is 0 Å². The molecule has 1 amide bonds. The number of nitro benzene ring substituents is 1. The van der Waals surface area contributed by atoms with Gasteiger partial charge in [0, 0.05) is 24.4 Å². The Balaban J connectivity index is 1.73. The molecule has 2 heterocycles. The van der Waals surface area contributed by atoms with Crippen molar-refractivity contribution in [2.45, 2.75) is 44.8 Å². The molecule has 0 unspecified atom stereocenters. The van der Waals surface area contributed by atoms with E-state index in [1.54, 1.807) is 17.0 Å². The summed E-state index contributed by atoms with van der Waals surface area (Å²) in [6.07, 6.45) is 1.72. The van der Waals surface area contributed by atoms with E-state index in [-0.39, 0.29) is 23.8 Å². The number of hydrogen-bond acceptors (Lipinski definition) is 4. The molecular formula is C21H23N3O3. The zero-order chi connectivity index (χ0) is 19.1. The molecule has 2 atom stereocenters. The van der Waals surface area contributed by atoms with E-state index in [0.717, 1.165) is 24.9 Å². The first kappa shape index (κ1) is 17.7. The lowest BCUT2D eigenvalue weighted by atomic mass is 10.0. The van der Waals surface area contributed by atoms with Crippen molar-refractivity contribution in [2.24, 2.45) is 0 Å². The van der Waals surface area contributed by atoms with E-state index in [9.17, 15) is 14.9 Å². The van der Waals surface area contributed by atoms with Crippen LogP contribution in [0, 0.1) is 10.1 Å². The minimum absolute atomic E-state index is 0.0312. The number of benzene rings is 2. The van der Waals surface area contributed by atoms with Crippen LogP contribution in [0.2, 0.25) is 0 Å². The Hall–Kier alpha value is -2.73. The van der Waals surface area contributed by atoms with Crippen LogP contribution >= 0.6 is 0 Å². The predicted octanol–water partition coefficient (Wildman–Crippen LogP) is 4.23. The number of nitrogens with zero attached hydrogens (tertiary/aromatic N) is 3. The number of nitro groups is 1. The predicted molar refractivity (Wildman–Crippen MR) is 104 cm³/mol. The van der Waals surface area contributed by atoms with Crippen molar-refractivity contribution in [2.75, 3.05) is 11.4 Å². The second-order valence-electron chi connectivity index (χ2n) is 7.57.